The molecule has 1 aliphatic carbocycles. The number of carboxylic acids is 1. The molecule has 10 heavy (non-hydrogen) atoms. The van der Waals surface area contributed by atoms with Crippen LogP contribution in [0.2, 0.25) is 0 Å². The van der Waals surface area contributed by atoms with Gasteiger partial charge in [0.05, 0.1) is 5.92 Å². The minimum Gasteiger partial charge on any atom is -0.481 e. The van der Waals surface area contributed by atoms with Gasteiger partial charge < -0.3 is 5.11 Å². The molecule has 0 spiro atoms. The molecule has 1 aliphatic rings. The zero-order valence-electron chi connectivity index (χ0n) is 5.26. The maximum Gasteiger partial charge on any atom is 0.306 e. The molecule has 0 radical (unpaired) electrons. The Morgan fingerprint density at radius 1 is 1.30 bits per heavy atom. The standard InChI is InChI=1S/C6H8Br2O2/c7-4-1-3(6(9)10)2-5(4)8/h3-5H,1-2H2,(H,9,10). The molecule has 58 valence electrons. The highest BCUT2D eigenvalue weighted by Crippen LogP contribution is 2.35. The molecule has 1 saturated carbocycles. The number of carbonyl (C=O) groups is 1. The summed E-state index contributed by atoms with van der Waals surface area (Å²) in [5.74, 6) is -0.833. The summed E-state index contributed by atoms with van der Waals surface area (Å²) in [7, 11) is 0. The van der Waals surface area contributed by atoms with Gasteiger partial charge in [0, 0.05) is 9.65 Å². The van der Waals surface area contributed by atoms with Crippen molar-refractivity contribution in [3.05, 3.63) is 0 Å². The SMILES string of the molecule is O=C(O)C1CC(Br)C(Br)C1. The summed E-state index contributed by atoms with van der Waals surface area (Å²) in [5.41, 5.74) is 0. The van der Waals surface area contributed by atoms with Crippen LogP contribution in [0.1, 0.15) is 12.8 Å². The molecule has 0 saturated heterocycles. The van der Waals surface area contributed by atoms with Crippen molar-refractivity contribution in [3.63, 3.8) is 0 Å². The van der Waals surface area contributed by atoms with Crippen molar-refractivity contribution in [2.45, 2.75) is 22.5 Å². The fourth-order valence-electron chi connectivity index (χ4n) is 1.14. The van der Waals surface area contributed by atoms with Gasteiger partial charge in [-0.25, -0.2) is 0 Å². The van der Waals surface area contributed by atoms with Crippen molar-refractivity contribution in [1.82, 2.24) is 0 Å². The molecule has 0 aliphatic heterocycles. The van der Waals surface area contributed by atoms with Crippen molar-refractivity contribution < 1.29 is 9.90 Å². The molecule has 0 aromatic heterocycles. The van der Waals surface area contributed by atoms with Gasteiger partial charge >= 0.3 is 5.97 Å². The summed E-state index contributed by atoms with van der Waals surface area (Å²) in [6.07, 6.45) is 1.48. The van der Waals surface area contributed by atoms with Crippen LogP contribution in [-0.2, 0) is 4.79 Å². The smallest absolute Gasteiger partial charge is 0.306 e. The van der Waals surface area contributed by atoms with Crippen molar-refractivity contribution in [2.24, 2.45) is 5.92 Å². The van der Waals surface area contributed by atoms with E-state index in [1.54, 1.807) is 0 Å². The number of rotatable bonds is 1. The molecule has 1 fully saturated rings. The van der Waals surface area contributed by atoms with Gasteiger partial charge in [-0.15, -0.1) is 0 Å². The van der Waals surface area contributed by atoms with Crippen LogP contribution < -0.4 is 0 Å². The van der Waals surface area contributed by atoms with Crippen LogP contribution in [0.3, 0.4) is 0 Å². The molecule has 2 nitrogen and oxygen atoms in total. The third-order valence-corrected chi connectivity index (χ3v) is 4.49. The summed E-state index contributed by atoms with van der Waals surface area (Å²) < 4.78 is 0. The van der Waals surface area contributed by atoms with Gasteiger partial charge in [0.1, 0.15) is 0 Å². The summed E-state index contributed by atoms with van der Waals surface area (Å²) in [4.78, 5) is 11.1. The van der Waals surface area contributed by atoms with E-state index in [0.717, 1.165) is 12.8 Å². The van der Waals surface area contributed by atoms with Gasteiger partial charge in [0.2, 0.25) is 0 Å². The number of carboxylic acid groups (broad SMARTS) is 1. The molecule has 2 unspecified atom stereocenters. The number of hydrogen-bond acceptors (Lipinski definition) is 1. The van der Waals surface area contributed by atoms with E-state index in [1.807, 2.05) is 0 Å². The predicted molar refractivity (Wildman–Crippen MR) is 45.8 cm³/mol. The minimum atomic E-state index is -0.675. The highest BCUT2D eigenvalue weighted by molar-refractivity contribution is 9.12. The number of alkyl halides is 2. The van der Waals surface area contributed by atoms with Gasteiger partial charge in [-0.3, -0.25) is 4.79 Å². The second-order valence-corrected chi connectivity index (χ2v) is 4.89. The molecule has 0 aromatic carbocycles. The second kappa shape index (κ2) is 3.22. The van der Waals surface area contributed by atoms with Crippen molar-refractivity contribution in [2.75, 3.05) is 0 Å². The average Bonchev–Trinajstić information content (AvgIpc) is 2.13. The molecule has 0 amide bonds. The minimum absolute atomic E-state index is 0.159. The Morgan fingerprint density at radius 2 is 1.70 bits per heavy atom. The first-order chi connectivity index (χ1) is 4.61. The van der Waals surface area contributed by atoms with Crippen LogP contribution in [0.15, 0.2) is 0 Å². The first kappa shape index (κ1) is 8.53. The van der Waals surface area contributed by atoms with Crippen molar-refractivity contribution >= 4 is 37.8 Å². The molecule has 1 N–H and O–H groups in total. The van der Waals surface area contributed by atoms with E-state index in [9.17, 15) is 4.79 Å². The lowest BCUT2D eigenvalue weighted by molar-refractivity contribution is -0.141. The third-order valence-electron chi connectivity index (χ3n) is 1.76. The molecular weight excluding hydrogens is 264 g/mol. The van der Waals surface area contributed by atoms with Crippen LogP contribution >= 0.6 is 31.9 Å². The molecule has 4 heteroatoms. The van der Waals surface area contributed by atoms with Gasteiger partial charge in [-0.05, 0) is 12.8 Å². The molecule has 0 aromatic rings. The van der Waals surface area contributed by atoms with E-state index in [2.05, 4.69) is 31.9 Å². The van der Waals surface area contributed by atoms with Gasteiger partial charge in [-0.1, -0.05) is 31.9 Å². The number of hydrogen-bond donors (Lipinski definition) is 1. The zero-order valence-corrected chi connectivity index (χ0v) is 8.43. The molecule has 1 rings (SSSR count). The lowest BCUT2D eigenvalue weighted by Gasteiger charge is -2.00. The quantitative estimate of drug-likeness (QED) is 0.741. The van der Waals surface area contributed by atoms with E-state index < -0.39 is 5.97 Å². The van der Waals surface area contributed by atoms with E-state index in [0.29, 0.717) is 9.65 Å². The maximum atomic E-state index is 10.5. The van der Waals surface area contributed by atoms with Gasteiger partial charge in [-0.2, -0.15) is 0 Å². The molecule has 0 bridgehead atoms. The summed E-state index contributed by atoms with van der Waals surface area (Å²) in [6.45, 7) is 0. The topological polar surface area (TPSA) is 37.3 Å². The number of halogens is 2. The second-order valence-electron chi connectivity index (χ2n) is 2.54. The maximum absolute atomic E-state index is 10.5. The third kappa shape index (κ3) is 1.72. The molecular formula is C6H8Br2O2. The van der Waals surface area contributed by atoms with Gasteiger partial charge in [0.15, 0.2) is 0 Å². The van der Waals surface area contributed by atoms with Gasteiger partial charge in [0.25, 0.3) is 0 Å². The van der Waals surface area contributed by atoms with Crippen LogP contribution in [0.5, 0.6) is 0 Å². The van der Waals surface area contributed by atoms with E-state index in [1.165, 1.54) is 0 Å². The Labute approximate surface area is 76.2 Å². The lowest BCUT2D eigenvalue weighted by Crippen LogP contribution is -2.09. The fourth-order valence-corrected chi connectivity index (χ4v) is 2.47. The van der Waals surface area contributed by atoms with Crippen LogP contribution in [-0.4, -0.2) is 20.7 Å². The van der Waals surface area contributed by atoms with Crippen LogP contribution in [0.4, 0.5) is 0 Å². The highest BCUT2D eigenvalue weighted by atomic mass is 79.9. The first-order valence-electron chi connectivity index (χ1n) is 3.12. The summed E-state index contributed by atoms with van der Waals surface area (Å²) in [5, 5.41) is 8.61. The first-order valence-corrected chi connectivity index (χ1v) is 4.95. The Bertz CT molecular complexity index is 139. The summed E-state index contributed by atoms with van der Waals surface area (Å²) >= 11 is 6.80. The largest absolute Gasteiger partial charge is 0.481 e. The normalized spacial score (nSPS) is 40.0. The predicted octanol–water partition coefficient (Wildman–Crippen LogP) is 2.01. The Morgan fingerprint density at radius 3 is 1.90 bits per heavy atom. The monoisotopic (exact) mass is 270 g/mol. The van der Waals surface area contributed by atoms with E-state index >= 15 is 0 Å². The number of aliphatic carboxylic acids is 1. The summed E-state index contributed by atoms with van der Waals surface area (Å²) in [6, 6.07) is 0. The Hall–Kier alpha value is 0.430. The highest BCUT2D eigenvalue weighted by Gasteiger charge is 2.34. The Kier molecular flexibility index (Phi) is 2.74. The lowest BCUT2D eigenvalue weighted by atomic mass is 10.1. The molecule has 2 atom stereocenters. The van der Waals surface area contributed by atoms with Crippen molar-refractivity contribution in [1.29, 1.82) is 0 Å². The van der Waals surface area contributed by atoms with Crippen LogP contribution in [0, 0.1) is 5.92 Å². The fraction of sp³-hybridized carbons (Fsp3) is 0.833. The average molecular weight is 272 g/mol. The molecule has 0 heterocycles. The van der Waals surface area contributed by atoms with Crippen LogP contribution in [0.25, 0.3) is 0 Å². The van der Waals surface area contributed by atoms with Crippen molar-refractivity contribution in [3.8, 4) is 0 Å². The Balaban J connectivity index is 2.49. The zero-order chi connectivity index (χ0) is 7.72. The van der Waals surface area contributed by atoms with E-state index in [-0.39, 0.29) is 5.92 Å². The van der Waals surface area contributed by atoms with E-state index in [4.69, 9.17) is 5.11 Å².